The van der Waals surface area contributed by atoms with Gasteiger partial charge in [0.1, 0.15) is 18.1 Å². The number of rotatable bonds is 4. The Morgan fingerprint density at radius 2 is 2.31 bits per heavy atom. The highest BCUT2D eigenvalue weighted by atomic mass is 32.1. The van der Waals surface area contributed by atoms with Gasteiger partial charge in [0, 0.05) is 11.8 Å². The van der Waals surface area contributed by atoms with Crippen molar-refractivity contribution in [3.8, 4) is 5.75 Å². The van der Waals surface area contributed by atoms with Gasteiger partial charge in [-0.25, -0.2) is 4.98 Å². The van der Waals surface area contributed by atoms with E-state index in [9.17, 15) is 4.79 Å². The summed E-state index contributed by atoms with van der Waals surface area (Å²) < 4.78 is 5.52. The van der Waals surface area contributed by atoms with Crippen molar-refractivity contribution in [2.75, 3.05) is 0 Å². The number of carbonyl (C=O) groups excluding carboxylic acids is 1. The van der Waals surface area contributed by atoms with Crippen LogP contribution >= 0.6 is 11.3 Å². The summed E-state index contributed by atoms with van der Waals surface area (Å²) in [6.07, 6.45) is 1.57. The van der Waals surface area contributed by atoms with E-state index in [1.54, 1.807) is 29.7 Å². The van der Waals surface area contributed by atoms with E-state index in [-0.39, 0.29) is 5.78 Å². The highest BCUT2D eigenvalue weighted by Crippen LogP contribution is 2.14. The maximum Gasteiger partial charge on any atom is 0.178 e. The highest BCUT2D eigenvalue weighted by Gasteiger charge is 2.01. The first-order valence-electron chi connectivity index (χ1n) is 4.88. The van der Waals surface area contributed by atoms with Gasteiger partial charge in [-0.2, -0.15) is 0 Å². The van der Waals surface area contributed by atoms with Gasteiger partial charge in [-0.3, -0.25) is 4.79 Å². The Bertz CT molecular complexity index is 462. The Balaban J connectivity index is 1.98. The molecule has 0 fully saturated rings. The van der Waals surface area contributed by atoms with Crippen LogP contribution in [-0.4, -0.2) is 10.8 Å². The third-order valence-corrected chi connectivity index (χ3v) is 2.91. The van der Waals surface area contributed by atoms with Gasteiger partial charge in [0.15, 0.2) is 5.78 Å². The van der Waals surface area contributed by atoms with Gasteiger partial charge in [-0.1, -0.05) is 6.07 Å². The first kappa shape index (κ1) is 10.8. The van der Waals surface area contributed by atoms with Crippen LogP contribution in [0.3, 0.4) is 0 Å². The molecular weight excluding hydrogens is 222 g/mol. The predicted octanol–water partition coefficient (Wildman–Crippen LogP) is 2.92. The number of aromatic nitrogens is 1. The van der Waals surface area contributed by atoms with Crippen molar-refractivity contribution < 1.29 is 9.53 Å². The summed E-state index contributed by atoms with van der Waals surface area (Å²) in [6.45, 7) is 2.03. The first-order valence-corrected chi connectivity index (χ1v) is 5.76. The van der Waals surface area contributed by atoms with Crippen LogP contribution < -0.4 is 4.74 Å². The fraction of sp³-hybridized carbons (Fsp3) is 0.167. The normalized spacial score (nSPS) is 10.1. The van der Waals surface area contributed by atoms with Crippen molar-refractivity contribution in [3.05, 3.63) is 46.4 Å². The number of nitrogens with zero attached hydrogens (tertiary/aromatic N) is 1. The molecule has 0 bridgehead atoms. The van der Waals surface area contributed by atoms with Gasteiger partial charge in [0.2, 0.25) is 0 Å². The summed E-state index contributed by atoms with van der Waals surface area (Å²) in [5.41, 5.74) is 0.462. The summed E-state index contributed by atoms with van der Waals surface area (Å²) in [4.78, 5) is 16.2. The predicted molar refractivity (Wildman–Crippen MR) is 62.9 cm³/mol. The van der Waals surface area contributed by atoms with Crippen LogP contribution in [0.25, 0.3) is 0 Å². The summed E-state index contributed by atoms with van der Waals surface area (Å²) in [7, 11) is 0. The van der Waals surface area contributed by atoms with Crippen LogP contribution in [0.2, 0.25) is 0 Å². The lowest BCUT2D eigenvalue weighted by Crippen LogP contribution is -1.98. The molecule has 2 heterocycles. The minimum absolute atomic E-state index is 0.0372. The summed E-state index contributed by atoms with van der Waals surface area (Å²) in [6, 6.07) is 7.44. The van der Waals surface area contributed by atoms with Crippen LogP contribution in [0.4, 0.5) is 0 Å². The largest absolute Gasteiger partial charge is 0.486 e. The number of ether oxygens (including phenoxy) is 1. The zero-order valence-corrected chi connectivity index (χ0v) is 9.66. The summed E-state index contributed by atoms with van der Waals surface area (Å²) in [5, 5.41) is 2.01. The molecule has 0 radical (unpaired) electrons. The van der Waals surface area contributed by atoms with Gasteiger partial charge in [0.25, 0.3) is 0 Å². The van der Waals surface area contributed by atoms with Gasteiger partial charge in [0.05, 0.1) is 6.20 Å². The minimum Gasteiger partial charge on any atom is -0.486 e. The molecule has 2 rings (SSSR count). The fourth-order valence-electron chi connectivity index (χ4n) is 1.22. The van der Waals surface area contributed by atoms with Crippen molar-refractivity contribution in [3.63, 3.8) is 0 Å². The number of thiophene rings is 1. The van der Waals surface area contributed by atoms with Gasteiger partial charge in [-0.15, -0.1) is 11.3 Å². The molecular formula is C12H11NO2S. The molecule has 0 aromatic carbocycles. The van der Waals surface area contributed by atoms with E-state index in [0.29, 0.717) is 18.1 Å². The van der Waals surface area contributed by atoms with E-state index in [0.717, 1.165) is 4.88 Å². The van der Waals surface area contributed by atoms with E-state index in [1.807, 2.05) is 17.5 Å². The number of hydrogen-bond acceptors (Lipinski definition) is 4. The van der Waals surface area contributed by atoms with Crippen molar-refractivity contribution in [2.45, 2.75) is 13.5 Å². The average Bonchev–Trinajstić information content (AvgIpc) is 2.80. The Labute approximate surface area is 97.7 Å². The van der Waals surface area contributed by atoms with Gasteiger partial charge in [-0.05, 0) is 23.6 Å². The highest BCUT2D eigenvalue weighted by molar-refractivity contribution is 7.09. The van der Waals surface area contributed by atoms with Crippen molar-refractivity contribution in [1.82, 2.24) is 4.98 Å². The topological polar surface area (TPSA) is 39.2 Å². The molecule has 0 unspecified atom stereocenters. The van der Waals surface area contributed by atoms with E-state index in [1.165, 1.54) is 6.92 Å². The molecule has 4 heteroatoms. The summed E-state index contributed by atoms with van der Waals surface area (Å²) >= 11 is 1.65. The van der Waals surface area contributed by atoms with E-state index in [4.69, 9.17) is 4.74 Å². The van der Waals surface area contributed by atoms with Crippen LogP contribution in [0.15, 0.2) is 35.8 Å². The van der Waals surface area contributed by atoms with Crippen LogP contribution in [0, 0.1) is 0 Å². The molecule has 2 aromatic rings. The van der Waals surface area contributed by atoms with Crippen LogP contribution in [0.1, 0.15) is 22.3 Å². The maximum atomic E-state index is 11.0. The van der Waals surface area contributed by atoms with Crippen LogP contribution in [-0.2, 0) is 6.61 Å². The molecule has 0 amide bonds. The maximum absolute atomic E-state index is 11.0. The van der Waals surface area contributed by atoms with Crippen molar-refractivity contribution in [1.29, 1.82) is 0 Å². The molecule has 0 atom stereocenters. The Kier molecular flexibility index (Phi) is 3.31. The van der Waals surface area contributed by atoms with Gasteiger partial charge < -0.3 is 4.74 Å². The molecule has 0 aliphatic heterocycles. The van der Waals surface area contributed by atoms with Crippen LogP contribution in [0.5, 0.6) is 5.75 Å². The molecule has 0 aliphatic rings. The third-order valence-electron chi connectivity index (χ3n) is 2.06. The molecule has 16 heavy (non-hydrogen) atoms. The SMILES string of the molecule is CC(=O)c1ccc(OCc2cccs2)cn1. The molecule has 2 aromatic heterocycles. The molecule has 3 nitrogen and oxygen atoms in total. The van der Waals surface area contributed by atoms with E-state index >= 15 is 0 Å². The Morgan fingerprint density at radius 3 is 2.88 bits per heavy atom. The lowest BCUT2D eigenvalue weighted by atomic mass is 10.3. The lowest BCUT2D eigenvalue weighted by molar-refractivity contribution is 0.101. The summed E-state index contributed by atoms with van der Waals surface area (Å²) in [5.74, 6) is 0.642. The molecule has 0 saturated carbocycles. The zero-order valence-electron chi connectivity index (χ0n) is 8.84. The number of Topliss-reactive ketones (excluding diaryl/α,β-unsaturated/α-hetero) is 1. The van der Waals surface area contributed by atoms with E-state index in [2.05, 4.69) is 4.98 Å². The minimum atomic E-state index is -0.0372. The van der Waals surface area contributed by atoms with Crippen molar-refractivity contribution >= 4 is 17.1 Å². The number of hydrogen-bond donors (Lipinski definition) is 0. The fourth-order valence-corrected chi connectivity index (χ4v) is 1.84. The van der Waals surface area contributed by atoms with E-state index < -0.39 is 0 Å². The first-order chi connectivity index (χ1) is 7.75. The smallest absolute Gasteiger partial charge is 0.178 e. The van der Waals surface area contributed by atoms with Gasteiger partial charge >= 0.3 is 0 Å². The molecule has 0 spiro atoms. The molecule has 0 aliphatic carbocycles. The lowest BCUT2D eigenvalue weighted by Gasteiger charge is -2.04. The monoisotopic (exact) mass is 233 g/mol. The second-order valence-corrected chi connectivity index (χ2v) is 4.34. The number of carbonyl (C=O) groups is 1. The standard InChI is InChI=1S/C12H11NO2S/c1-9(14)12-5-4-10(7-13-12)15-8-11-3-2-6-16-11/h2-7H,8H2,1H3. The zero-order chi connectivity index (χ0) is 11.4. The average molecular weight is 233 g/mol. The molecule has 0 N–H and O–H groups in total. The second kappa shape index (κ2) is 4.90. The number of pyridine rings is 1. The molecule has 0 saturated heterocycles. The molecule has 82 valence electrons. The Morgan fingerprint density at radius 1 is 1.44 bits per heavy atom. The third kappa shape index (κ3) is 2.67. The second-order valence-electron chi connectivity index (χ2n) is 3.30. The number of ketones is 1. The van der Waals surface area contributed by atoms with Crippen molar-refractivity contribution in [2.24, 2.45) is 0 Å². The Hall–Kier alpha value is -1.68. The quantitative estimate of drug-likeness (QED) is 0.762.